The molecular formula is C19H23N3O. The van der Waals surface area contributed by atoms with E-state index in [0.29, 0.717) is 5.89 Å². The Morgan fingerprint density at radius 1 is 1.13 bits per heavy atom. The van der Waals surface area contributed by atoms with E-state index in [1.54, 1.807) is 6.21 Å². The molecule has 4 nitrogen and oxygen atoms in total. The highest BCUT2D eigenvalue weighted by atomic mass is 16.4. The standard InChI is InChI=1S/C19H23N3O/c1-14(2)6-5-7-15(3)12-13-20-19-22-21-18(23-19)17-10-8-16(4)9-11-17/h6,8-13H,5,7H2,1-4H3/b15-12-,20-13?. The third-order valence-corrected chi connectivity index (χ3v) is 3.35. The van der Waals surface area contributed by atoms with Crippen molar-refractivity contribution in [1.82, 2.24) is 10.2 Å². The van der Waals surface area contributed by atoms with Crippen LogP contribution in [-0.4, -0.2) is 16.4 Å². The van der Waals surface area contributed by atoms with Crippen molar-refractivity contribution in [3.63, 3.8) is 0 Å². The van der Waals surface area contributed by atoms with Crippen molar-refractivity contribution in [2.24, 2.45) is 4.99 Å². The molecule has 0 radical (unpaired) electrons. The van der Waals surface area contributed by atoms with Gasteiger partial charge in [0.05, 0.1) is 0 Å². The summed E-state index contributed by atoms with van der Waals surface area (Å²) in [5.74, 6) is 0.487. The molecule has 120 valence electrons. The van der Waals surface area contributed by atoms with E-state index >= 15 is 0 Å². The van der Waals surface area contributed by atoms with E-state index in [-0.39, 0.29) is 6.01 Å². The molecule has 1 heterocycles. The van der Waals surface area contributed by atoms with Gasteiger partial charge in [-0.25, -0.2) is 4.99 Å². The van der Waals surface area contributed by atoms with E-state index in [2.05, 4.69) is 42.0 Å². The molecule has 0 unspecified atom stereocenters. The van der Waals surface area contributed by atoms with Gasteiger partial charge in [-0.2, -0.15) is 0 Å². The van der Waals surface area contributed by atoms with Gasteiger partial charge in [0.25, 0.3) is 0 Å². The zero-order valence-corrected chi connectivity index (χ0v) is 14.2. The first-order chi connectivity index (χ1) is 11.0. The number of rotatable bonds is 6. The quantitative estimate of drug-likeness (QED) is 0.527. The normalized spacial score (nSPS) is 11.9. The van der Waals surface area contributed by atoms with Crippen LogP contribution in [0, 0.1) is 6.92 Å². The molecule has 2 aromatic rings. The molecule has 0 saturated heterocycles. The molecule has 0 atom stereocenters. The van der Waals surface area contributed by atoms with E-state index in [4.69, 9.17) is 4.42 Å². The maximum absolute atomic E-state index is 5.55. The average molecular weight is 309 g/mol. The van der Waals surface area contributed by atoms with Crippen molar-refractivity contribution in [2.75, 3.05) is 0 Å². The lowest BCUT2D eigenvalue weighted by molar-refractivity contribution is 0.580. The van der Waals surface area contributed by atoms with Crippen LogP contribution in [0.1, 0.15) is 39.2 Å². The zero-order chi connectivity index (χ0) is 16.7. The van der Waals surface area contributed by atoms with Gasteiger partial charge in [0, 0.05) is 11.8 Å². The molecule has 4 heteroatoms. The van der Waals surface area contributed by atoms with Crippen LogP contribution in [0.25, 0.3) is 11.5 Å². The second kappa shape index (κ2) is 8.22. The van der Waals surface area contributed by atoms with Crippen molar-refractivity contribution in [3.8, 4) is 11.5 Å². The van der Waals surface area contributed by atoms with Gasteiger partial charge in [0.1, 0.15) is 0 Å². The maximum atomic E-state index is 5.55. The Morgan fingerprint density at radius 3 is 2.57 bits per heavy atom. The summed E-state index contributed by atoms with van der Waals surface area (Å²) in [6.07, 6.45) is 8.01. The van der Waals surface area contributed by atoms with Crippen molar-refractivity contribution >= 4 is 12.2 Å². The van der Waals surface area contributed by atoms with Gasteiger partial charge in [0.2, 0.25) is 5.89 Å². The smallest absolute Gasteiger partial charge is 0.342 e. The molecule has 2 rings (SSSR count). The minimum atomic E-state index is 0.272. The number of aryl methyl sites for hydroxylation is 1. The van der Waals surface area contributed by atoms with Crippen LogP contribution in [0.15, 0.2) is 57.0 Å². The van der Waals surface area contributed by atoms with Crippen molar-refractivity contribution in [3.05, 3.63) is 53.1 Å². The number of hydrogen-bond acceptors (Lipinski definition) is 4. The van der Waals surface area contributed by atoms with Crippen LogP contribution in [0.3, 0.4) is 0 Å². The lowest BCUT2D eigenvalue weighted by atomic mass is 10.1. The Kier molecular flexibility index (Phi) is 6.03. The number of benzene rings is 1. The molecule has 0 aliphatic heterocycles. The van der Waals surface area contributed by atoms with E-state index in [0.717, 1.165) is 18.4 Å². The highest BCUT2D eigenvalue weighted by Gasteiger charge is 2.06. The first kappa shape index (κ1) is 16.9. The van der Waals surface area contributed by atoms with Crippen molar-refractivity contribution < 1.29 is 4.42 Å². The Morgan fingerprint density at radius 2 is 1.87 bits per heavy atom. The van der Waals surface area contributed by atoms with Gasteiger partial charge >= 0.3 is 6.01 Å². The van der Waals surface area contributed by atoms with Gasteiger partial charge in [-0.05, 0) is 58.7 Å². The van der Waals surface area contributed by atoms with Gasteiger partial charge in [-0.3, -0.25) is 0 Å². The van der Waals surface area contributed by atoms with Crippen molar-refractivity contribution in [2.45, 2.75) is 40.5 Å². The van der Waals surface area contributed by atoms with Gasteiger partial charge in [-0.15, -0.1) is 5.10 Å². The lowest BCUT2D eigenvalue weighted by Gasteiger charge is -1.96. The number of aromatic nitrogens is 2. The molecule has 0 N–H and O–H groups in total. The third-order valence-electron chi connectivity index (χ3n) is 3.35. The van der Waals surface area contributed by atoms with E-state index in [1.165, 1.54) is 16.7 Å². The van der Waals surface area contributed by atoms with E-state index in [9.17, 15) is 0 Å². The Balaban J connectivity index is 1.96. The molecule has 0 aliphatic carbocycles. The lowest BCUT2D eigenvalue weighted by Crippen LogP contribution is -1.78. The van der Waals surface area contributed by atoms with Crippen LogP contribution in [0.5, 0.6) is 0 Å². The molecule has 0 spiro atoms. The number of aliphatic imine (C=N–C) groups is 1. The van der Waals surface area contributed by atoms with E-state index in [1.807, 2.05) is 37.3 Å². The topological polar surface area (TPSA) is 51.3 Å². The van der Waals surface area contributed by atoms with Crippen LogP contribution in [-0.2, 0) is 0 Å². The third kappa shape index (κ3) is 5.66. The predicted molar refractivity (Wildman–Crippen MR) is 95.0 cm³/mol. The molecule has 0 saturated carbocycles. The predicted octanol–water partition coefficient (Wildman–Crippen LogP) is 5.44. The van der Waals surface area contributed by atoms with Gasteiger partial charge < -0.3 is 4.42 Å². The second-order valence-electron chi connectivity index (χ2n) is 5.87. The summed E-state index contributed by atoms with van der Waals surface area (Å²) >= 11 is 0. The monoisotopic (exact) mass is 309 g/mol. The SMILES string of the molecule is CC(C)=CCC/C(C)=C\C=Nc1nnc(-c2ccc(C)cc2)o1. The first-order valence-corrected chi connectivity index (χ1v) is 7.78. The molecule has 0 bridgehead atoms. The fraction of sp³-hybridized carbons (Fsp3) is 0.316. The van der Waals surface area contributed by atoms with Crippen LogP contribution >= 0.6 is 0 Å². The molecule has 0 aliphatic rings. The van der Waals surface area contributed by atoms with Gasteiger partial charge in [0.15, 0.2) is 0 Å². The largest absolute Gasteiger partial charge is 0.402 e. The number of allylic oxidation sites excluding steroid dienone is 4. The van der Waals surface area contributed by atoms with Crippen LogP contribution < -0.4 is 0 Å². The minimum Gasteiger partial charge on any atom is -0.402 e. The second-order valence-corrected chi connectivity index (χ2v) is 5.87. The van der Waals surface area contributed by atoms with E-state index < -0.39 is 0 Å². The van der Waals surface area contributed by atoms with Crippen molar-refractivity contribution in [1.29, 1.82) is 0 Å². The minimum absolute atomic E-state index is 0.272. The van der Waals surface area contributed by atoms with Crippen LogP contribution in [0.2, 0.25) is 0 Å². The molecule has 0 amide bonds. The molecule has 1 aromatic carbocycles. The van der Waals surface area contributed by atoms with Crippen LogP contribution in [0.4, 0.5) is 6.01 Å². The first-order valence-electron chi connectivity index (χ1n) is 7.78. The Bertz CT molecular complexity index is 717. The molecule has 1 aromatic heterocycles. The number of hydrogen-bond donors (Lipinski definition) is 0. The zero-order valence-electron chi connectivity index (χ0n) is 14.2. The highest BCUT2D eigenvalue weighted by molar-refractivity contribution is 5.74. The molecule has 0 fully saturated rings. The summed E-state index contributed by atoms with van der Waals surface area (Å²) in [6, 6.07) is 8.23. The van der Waals surface area contributed by atoms with Gasteiger partial charge in [-0.1, -0.05) is 40.0 Å². The fourth-order valence-corrected chi connectivity index (χ4v) is 1.98. The summed E-state index contributed by atoms with van der Waals surface area (Å²) < 4.78 is 5.55. The molecular weight excluding hydrogens is 286 g/mol. The maximum Gasteiger partial charge on any atom is 0.342 e. The number of nitrogens with zero attached hydrogens (tertiary/aromatic N) is 3. The summed E-state index contributed by atoms with van der Waals surface area (Å²) in [7, 11) is 0. The Hall–Kier alpha value is -2.49. The highest BCUT2D eigenvalue weighted by Crippen LogP contribution is 2.21. The fourth-order valence-electron chi connectivity index (χ4n) is 1.98. The average Bonchev–Trinajstić information content (AvgIpc) is 2.96. The summed E-state index contributed by atoms with van der Waals surface area (Å²) in [6.45, 7) is 8.36. The molecule has 23 heavy (non-hydrogen) atoms. The summed E-state index contributed by atoms with van der Waals surface area (Å²) in [4.78, 5) is 4.20. The summed E-state index contributed by atoms with van der Waals surface area (Å²) in [5, 5.41) is 7.97. The Labute approximate surface area is 137 Å². The summed E-state index contributed by atoms with van der Waals surface area (Å²) in [5.41, 5.74) is 4.71.